The average molecular weight is 436 g/mol. The Balaban J connectivity index is 1.55. The van der Waals surface area contributed by atoms with Gasteiger partial charge in [-0.3, -0.25) is 4.79 Å². The van der Waals surface area contributed by atoms with Gasteiger partial charge in [0, 0.05) is 24.8 Å². The van der Waals surface area contributed by atoms with Crippen LogP contribution in [0.2, 0.25) is 0 Å². The van der Waals surface area contributed by atoms with Crippen LogP contribution in [0.25, 0.3) is 11.1 Å². The maximum Gasteiger partial charge on any atom is 0.274 e. The Kier molecular flexibility index (Phi) is 5.21. The number of halogens is 1. The van der Waals surface area contributed by atoms with Crippen LogP contribution in [0.5, 0.6) is 5.75 Å². The SMILES string of the molecule is Cc1ccc(F)cc1-c1ccc2c(c1)C(NC(=O)c1ncoc1C)CC1(CCOCC1)O2. The van der Waals surface area contributed by atoms with Crippen LogP contribution in [0, 0.1) is 19.7 Å². The second kappa shape index (κ2) is 8.06. The van der Waals surface area contributed by atoms with Crippen LogP contribution in [0.1, 0.15) is 52.7 Å². The predicted molar refractivity (Wildman–Crippen MR) is 116 cm³/mol. The molecule has 1 unspecified atom stereocenters. The minimum Gasteiger partial charge on any atom is -0.487 e. The van der Waals surface area contributed by atoms with Crippen LogP contribution in [0.15, 0.2) is 47.2 Å². The molecule has 6 nitrogen and oxygen atoms in total. The molecule has 1 N–H and O–H groups in total. The van der Waals surface area contributed by atoms with E-state index in [0.717, 1.165) is 40.8 Å². The van der Waals surface area contributed by atoms with Crippen molar-refractivity contribution in [1.82, 2.24) is 10.3 Å². The summed E-state index contributed by atoms with van der Waals surface area (Å²) in [7, 11) is 0. The Morgan fingerprint density at radius 2 is 1.97 bits per heavy atom. The molecular formula is C25H25FN2O4. The summed E-state index contributed by atoms with van der Waals surface area (Å²) in [6.07, 6.45) is 3.41. The number of hydrogen-bond donors (Lipinski definition) is 1. The lowest BCUT2D eigenvalue weighted by Crippen LogP contribution is -2.48. The van der Waals surface area contributed by atoms with Gasteiger partial charge in [-0.1, -0.05) is 12.1 Å². The Labute approximate surface area is 185 Å². The van der Waals surface area contributed by atoms with Crippen molar-refractivity contribution in [2.75, 3.05) is 13.2 Å². The van der Waals surface area contributed by atoms with Crippen molar-refractivity contribution in [2.45, 2.75) is 44.8 Å². The van der Waals surface area contributed by atoms with Gasteiger partial charge in [0.1, 0.15) is 22.9 Å². The number of rotatable bonds is 3. The molecule has 3 heterocycles. The quantitative estimate of drug-likeness (QED) is 0.632. The molecule has 1 spiro atoms. The lowest BCUT2D eigenvalue weighted by Gasteiger charge is -2.44. The minimum absolute atomic E-state index is 0.274. The van der Waals surface area contributed by atoms with Gasteiger partial charge in [-0.05, 0) is 54.8 Å². The van der Waals surface area contributed by atoms with Crippen molar-refractivity contribution in [3.8, 4) is 16.9 Å². The van der Waals surface area contributed by atoms with E-state index in [1.807, 2.05) is 25.1 Å². The molecule has 2 aromatic carbocycles. The number of nitrogens with zero attached hydrogens (tertiary/aromatic N) is 1. The van der Waals surface area contributed by atoms with Crippen LogP contribution in [-0.4, -0.2) is 29.7 Å². The monoisotopic (exact) mass is 436 g/mol. The van der Waals surface area contributed by atoms with Crippen molar-refractivity contribution in [3.63, 3.8) is 0 Å². The topological polar surface area (TPSA) is 73.6 Å². The van der Waals surface area contributed by atoms with Crippen molar-refractivity contribution in [1.29, 1.82) is 0 Å². The van der Waals surface area contributed by atoms with E-state index in [1.165, 1.54) is 18.5 Å². The maximum absolute atomic E-state index is 13.9. The Morgan fingerprint density at radius 3 is 2.72 bits per heavy atom. The number of oxazole rings is 1. The smallest absolute Gasteiger partial charge is 0.274 e. The fourth-order valence-electron chi connectivity index (χ4n) is 4.67. The third kappa shape index (κ3) is 3.77. The van der Waals surface area contributed by atoms with Crippen LogP contribution in [-0.2, 0) is 4.74 Å². The summed E-state index contributed by atoms with van der Waals surface area (Å²) in [5.74, 6) is 0.633. The molecule has 2 aliphatic rings. The number of amides is 1. The second-order valence-corrected chi connectivity index (χ2v) is 8.60. The molecule has 5 rings (SSSR count). The molecule has 1 saturated heterocycles. The summed E-state index contributed by atoms with van der Waals surface area (Å²) in [4.78, 5) is 17.0. The fourth-order valence-corrected chi connectivity index (χ4v) is 4.67. The molecule has 1 atom stereocenters. The van der Waals surface area contributed by atoms with E-state index in [4.69, 9.17) is 13.9 Å². The van der Waals surface area contributed by atoms with Crippen molar-refractivity contribution in [3.05, 3.63) is 71.2 Å². The van der Waals surface area contributed by atoms with E-state index in [2.05, 4.69) is 10.3 Å². The molecule has 1 aromatic heterocycles. The Hall–Kier alpha value is -3.19. The van der Waals surface area contributed by atoms with Crippen molar-refractivity contribution in [2.24, 2.45) is 0 Å². The zero-order valence-electron chi connectivity index (χ0n) is 18.1. The molecule has 0 bridgehead atoms. The third-order valence-electron chi connectivity index (χ3n) is 6.47. The van der Waals surface area contributed by atoms with Crippen molar-refractivity contribution < 1.29 is 23.1 Å². The van der Waals surface area contributed by atoms with Crippen LogP contribution in [0.4, 0.5) is 4.39 Å². The second-order valence-electron chi connectivity index (χ2n) is 8.60. The molecule has 1 amide bonds. The number of fused-ring (bicyclic) bond motifs is 1. The molecule has 3 aromatic rings. The van der Waals surface area contributed by atoms with Gasteiger partial charge < -0.3 is 19.2 Å². The van der Waals surface area contributed by atoms with Crippen LogP contribution in [0.3, 0.4) is 0 Å². The lowest BCUT2D eigenvalue weighted by atomic mass is 9.81. The van der Waals surface area contributed by atoms with E-state index in [-0.39, 0.29) is 23.5 Å². The molecule has 32 heavy (non-hydrogen) atoms. The largest absolute Gasteiger partial charge is 0.487 e. The highest BCUT2D eigenvalue weighted by Gasteiger charge is 2.43. The summed E-state index contributed by atoms with van der Waals surface area (Å²) in [6.45, 7) is 4.91. The summed E-state index contributed by atoms with van der Waals surface area (Å²) in [5.41, 5.74) is 3.43. The van der Waals surface area contributed by atoms with Gasteiger partial charge in [0.05, 0.1) is 19.3 Å². The molecule has 7 heteroatoms. The molecule has 2 aliphatic heterocycles. The summed E-state index contributed by atoms with van der Waals surface area (Å²) >= 11 is 0. The highest BCUT2D eigenvalue weighted by molar-refractivity contribution is 5.93. The number of ether oxygens (including phenoxy) is 2. The van der Waals surface area contributed by atoms with Gasteiger partial charge in [0.15, 0.2) is 12.1 Å². The zero-order chi connectivity index (χ0) is 22.3. The van der Waals surface area contributed by atoms with Gasteiger partial charge in [-0.25, -0.2) is 9.37 Å². The van der Waals surface area contributed by atoms with Crippen LogP contribution >= 0.6 is 0 Å². The third-order valence-corrected chi connectivity index (χ3v) is 6.47. The van der Waals surface area contributed by atoms with Gasteiger partial charge in [-0.2, -0.15) is 0 Å². The highest BCUT2D eigenvalue weighted by atomic mass is 19.1. The predicted octanol–water partition coefficient (Wildman–Crippen LogP) is 4.90. The number of nitrogens with one attached hydrogen (secondary N) is 1. The molecule has 0 saturated carbocycles. The highest BCUT2D eigenvalue weighted by Crippen LogP contribution is 2.45. The first-order chi connectivity index (χ1) is 15.4. The number of carbonyl (C=O) groups excluding carboxylic acids is 1. The van der Waals surface area contributed by atoms with Gasteiger partial charge >= 0.3 is 0 Å². The molecule has 0 aliphatic carbocycles. The number of hydrogen-bond acceptors (Lipinski definition) is 5. The first kappa shape index (κ1) is 20.7. The normalized spacial score (nSPS) is 19.3. The standard InChI is InChI=1S/C25H25FN2O4/c1-15-3-5-18(26)12-19(15)17-4-6-22-20(11-17)21(13-25(32-22)7-9-30-10-8-25)28-24(29)23-16(2)31-14-27-23/h3-6,11-12,14,21H,7-10,13H2,1-2H3,(H,28,29). The summed E-state index contributed by atoms with van der Waals surface area (Å²) in [5, 5.41) is 3.14. The molecule has 0 radical (unpaired) electrons. The zero-order valence-corrected chi connectivity index (χ0v) is 18.1. The van der Waals surface area contributed by atoms with E-state index >= 15 is 0 Å². The fraction of sp³-hybridized carbons (Fsp3) is 0.360. The minimum atomic E-state index is -0.391. The molecular weight excluding hydrogens is 411 g/mol. The number of aryl methyl sites for hydroxylation is 2. The number of benzene rings is 2. The van der Waals surface area contributed by atoms with E-state index in [9.17, 15) is 9.18 Å². The first-order valence-electron chi connectivity index (χ1n) is 10.8. The maximum atomic E-state index is 13.9. The van der Waals surface area contributed by atoms with E-state index < -0.39 is 5.60 Å². The molecule has 1 fully saturated rings. The molecule has 166 valence electrons. The lowest BCUT2D eigenvalue weighted by molar-refractivity contribution is -0.0639. The van der Waals surface area contributed by atoms with E-state index in [0.29, 0.717) is 25.4 Å². The van der Waals surface area contributed by atoms with Gasteiger partial charge in [0.2, 0.25) is 0 Å². The van der Waals surface area contributed by atoms with Crippen LogP contribution < -0.4 is 10.1 Å². The first-order valence-corrected chi connectivity index (χ1v) is 10.8. The summed E-state index contributed by atoms with van der Waals surface area (Å²) in [6, 6.07) is 10.3. The van der Waals surface area contributed by atoms with Crippen molar-refractivity contribution >= 4 is 5.91 Å². The van der Waals surface area contributed by atoms with Gasteiger partial charge in [0.25, 0.3) is 5.91 Å². The van der Waals surface area contributed by atoms with E-state index in [1.54, 1.807) is 13.0 Å². The number of carbonyl (C=O) groups is 1. The summed E-state index contributed by atoms with van der Waals surface area (Å²) < 4.78 is 31.2. The van der Waals surface area contributed by atoms with Gasteiger partial charge in [-0.15, -0.1) is 0 Å². The Morgan fingerprint density at radius 1 is 1.16 bits per heavy atom. The Bertz CT molecular complexity index is 1170. The average Bonchev–Trinajstić information content (AvgIpc) is 3.22. The number of aromatic nitrogens is 1.